The Morgan fingerprint density at radius 2 is 1.87 bits per heavy atom. The lowest BCUT2D eigenvalue weighted by molar-refractivity contribution is 0.215. The van der Waals surface area contributed by atoms with Crippen molar-refractivity contribution in [2.24, 2.45) is 0 Å². The number of nitrogens with zero attached hydrogens (tertiary/aromatic N) is 6. The molecule has 0 radical (unpaired) electrons. The van der Waals surface area contributed by atoms with Gasteiger partial charge in [0.2, 0.25) is 11.7 Å². The quantitative estimate of drug-likeness (QED) is 0.566. The second kappa shape index (κ2) is 9.45. The topological polar surface area (TPSA) is 61.5 Å². The van der Waals surface area contributed by atoms with Crippen molar-refractivity contribution in [3.63, 3.8) is 0 Å². The summed E-state index contributed by atoms with van der Waals surface area (Å²) in [5.74, 6) is 2.18. The van der Waals surface area contributed by atoms with Crippen molar-refractivity contribution < 1.29 is 4.52 Å². The SMILES string of the molecule is CCN(CC)c1ccc(-c2noc(CN3CCN(c4cccc(Cl)c4)CC3)n2)cn1. The highest BCUT2D eigenvalue weighted by atomic mass is 35.5. The van der Waals surface area contributed by atoms with Crippen LogP contribution in [-0.4, -0.2) is 59.3 Å². The van der Waals surface area contributed by atoms with Gasteiger partial charge in [0.15, 0.2) is 0 Å². The molecule has 1 aliphatic heterocycles. The van der Waals surface area contributed by atoms with E-state index in [9.17, 15) is 0 Å². The van der Waals surface area contributed by atoms with Gasteiger partial charge in [-0.2, -0.15) is 4.98 Å². The number of hydrogen-bond donors (Lipinski definition) is 0. The summed E-state index contributed by atoms with van der Waals surface area (Å²) in [6.07, 6.45) is 1.81. The van der Waals surface area contributed by atoms with E-state index in [1.165, 1.54) is 5.69 Å². The first kappa shape index (κ1) is 20.6. The third-order valence-corrected chi connectivity index (χ3v) is 5.70. The molecule has 0 saturated carbocycles. The van der Waals surface area contributed by atoms with Crippen LogP contribution in [0, 0.1) is 0 Å². The third-order valence-electron chi connectivity index (χ3n) is 5.47. The van der Waals surface area contributed by atoms with Gasteiger partial charge in [0.25, 0.3) is 0 Å². The number of aromatic nitrogens is 3. The predicted octanol–water partition coefficient (Wildman–Crippen LogP) is 3.95. The maximum atomic E-state index is 6.12. The second-order valence-electron chi connectivity index (χ2n) is 7.33. The molecule has 1 aromatic carbocycles. The van der Waals surface area contributed by atoms with Crippen molar-refractivity contribution in [3.8, 4) is 11.4 Å². The summed E-state index contributed by atoms with van der Waals surface area (Å²) in [4.78, 5) is 16.0. The van der Waals surface area contributed by atoms with Crippen LogP contribution in [0.15, 0.2) is 47.1 Å². The fourth-order valence-corrected chi connectivity index (χ4v) is 3.90. The Balaban J connectivity index is 1.34. The van der Waals surface area contributed by atoms with Crippen LogP contribution >= 0.6 is 11.6 Å². The minimum Gasteiger partial charge on any atom is -0.369 e. The Morgan fingerprint density at radius 3 is 2.53 bits per heavy atom. The number of pyridine rings is 1. The Labute approximate surface area is 182 Å². The summed E-state index contributed by atoms with van der Waals surface area (Å²) in [6.45, 7) is 10.5. The van der Waals surface area contributed by atoms with E-state index in [4.69, 9.17) is 16.1 Å². The molecule has 8 heteroatoms. The highest BCUT2D eigenvalue weighted by molar-refractivity contribution is 6.30. The van der Waals surface area contributed by atoms with Crippen LogP contribution in [-0.2, 0) is 6.54 Å². The molecule has 0 amide bonds. The van der Waals surface area contributed by atoms with Crippen LogP contribution in [0.1, 0.15) is 19.7 Å². The number of hydrogen-bond acceptors (Lipinski definition) is 7. The second-order valence-corrected chi connectivity index (χ2v) is 7.77. The maximum absolute atomic E-state index is 6.12. The molecular formula is C22H27ClN6O. The summed E-state index contributed by atoms with van der Waals surface area (Å²) < 4.78 is 5.50. The maximum Gasteiger partial charge on any atom is 0.241 e. The van der Waals surface area contributed by atoms with E-state index in [2.05, 4.69) is 49.7 Å². The minimum atomic E-state index is 0.584. The molecule has 4 rings (SSSR count). The highest BCUT2D eigenvalue weighted by Gasteiger charge is 2.20. The average molecular weight is 427 g/mol. The molecule has 3 aromatic rings. The van der Waals surface area contributed by atoms with Crippen LogP contribution in [0.25, 0.3) is 11.4 Å². The normalized spacial score (nSPS) is 14.8. The molecule has 30 heavy (non-hydrogen) atoms. The summed E-state index contributed by atoms with van der Waals surface area (Å²) in [7, 11) is 0. The zero-order valence-corrected chi connectivity index (χ0v) is 18.2. The van der Waals surface area contributed by atoms with E-state index >= 15 is 0 Å². The van der Waals surface area contributed by atoms with Gasteiger partial charge >= 0.3 is 0 Å². The molecule has 0 N–H and O–H groups in total. The molecule has 2 aromatic heterocycles. The molecule has 158 valence electrons. The molecule has 0 atom stereocenters. The third kappa shape index (κ3) is 4.74. The zero-order valence-electron chi connectivity index (χ0n) is 17.5. The van der Waals surface area contributed by atoms with E-state index in [1.807, 2.05) is 36.5 Å². The van der Waals surface area contributed by atoms with Crippen LogP contribution in [0.3, 0.4) is 0 Å². The van der Waals surface area contributed by atoms with Gasteiger partial charge < -0.3 is 14.3 Å². The Kier molecular flexibility index (Phi) is 6.50. The molecule has 3 heterocycles. The zero-order chi connectivity index (χ0) is 20.9. The first-order valence-corrected chi connectivity index (χ1v) is 10.8. The fourth-order valence-electron chi connectivity index (χ4n) is 3.72. The van der Waals surface area contributed by atoms with Crippen molar-refractivity contribution in [2.45, 2.75) is 20.4 Å². The summed E-state index contributed by atoms with van der Waals surface area (Å²) >= 11 is 6.12. The molecule has 1 aliphatic rings. The standard InChI is InChI=1S/C22H27ClN6O/c1-3-28(4-2)20-9-8-17(15-24-20)22-25-21(30-26-22)16-27-10-12-29(13-11-27)19-7-5-6-18(23)14-19/h5-9,14-15H,3-4,10-13,16H2,1-2H3. The number of halogens is 1. The van der Waals surface area contributed by atoms with E-state index < -0.39 is 0 Å². The van der Waals surface area contributed by atoms with Crippen LogP contribution in [0.5, 0.6) is 0 Å². The molecule has 0 unspecified atom stereocenters. The van der Waals surface area contributed by atoms with Crippen LogP contribution in [0.4, 0.5) is 11.5 Å². The summed E-state index contributed by atoms with van der Waals surface area (Å²) in [5.41, 5.74) is 2.04. The van der Waals surface area contributed by atoms with Crippen molar-refractivity contribution in [2.75, 3.05) is 49.1 Å². The van der Waals surface area contributed by atoms with E-state index in [-0.39, 0.29) is 0 Å². The van der Waals surface area contributed by atoms with Crippen molar-refractivity contribution in [1.29, 1.82) is 0 Å². The van der Waals surface area contributed by atoms with Gasteiger partial charge in [-0.05, 0) is 44.2 Å². The summed E-state index contributed by atoms with van der Waals surface area (Å²) in [6, 6.07) is 12.0. The smallest absolute Gasteiger partial charge is 0.241 e. The lowest BCUT2D eigenvalue weighted by Gasteiger charge is -2.35. The number of piperazine rings is 1. The largest absolute Gasteiger partial charge is 0.369 e. The lowest BCUT2D eigenvalue weighted by atomic mass is 10.2. The molecule has 0 aliphatic carbocycles. The number of anilines is 2. The Hall–Kier alpha value is -2.64. The predicted molar refractivity (Wildman–Crippen MR) is 120 cm³/mol. The van der Waals surface area contributed by atoms with Gasteiger partial charge in [0.05, 0.1) is 6.54 Å². The van der Waals surface area contributed by atoms with Crippen molar-refractivity contribution >= 4 is 23.1 Å². The Bertz CT molecular complexity index is 948. The van der Waals surface area contributed by atoms with Gasteiger partial charge in [0.1, 0.15) is 5.82 Å². The molecule has 1 saturated heterocycles. The number of rotatable bonds is 7. The lowest BCUT2D eigenvalue weighted by Crippen LogP contribution is -2.46. The molecule has 1 fully saturated rings. The van der Waals surface area contributed by atoms with Crippen LogP contribution in [0.2, 0.25) is 5.02 Å². The Morgan fingerprint density at radius 1 is 1.07 bits per heavy atom. The summed E-state index contributed by atoms with van der Waals surface area (Å²) in [5, 5.41) is 4.92. The number of benzene rings is 1. The molecular weight excluding hydrogens is 400 g/mol. The first-order chi connectivity index (χ1) is 14.7. The van der Waals surface area contributed by atoms with Gasteiger partial charge in [-0.3, -0.25) is 4.90 Å². The highest BCUT2D eigenvalue weighted by Crippen LogP contribution is 2.22. The van der Waals surface area contributed by atoms with E-state index in [0.717, 1.165) is 55.7 Å². The van der Waals surface area contributed by atoms with E-state index in [0.29, 0.717) is 18.3 Å². The molecule has 7 nitrogen and oxygen atoms in total. The van der Waals surface area contributed by atoms with Crippen LogP contribution < -0.4 is 9.80 Å². The molecule has 0 bridgehead atoms. The molecule has 0 spiro atoms. The van der Waals surface area contributed by atoms with Gasteiger partial charge in [-0.25, -0.2) is 4.98 Å². The first-order valence-electron chi connectivity index (χ1n) is 10.4. The van der Waals surface area contributed by atoms with Gasteiger partial charge in [-0.15, -0.1) is 0 Å². The van der Waals surface area contributed by atoms with Crippen molar-refractivity contribution in [1.82, 2.24) is 20.0 Å². The van der Waals surface area contributed by atoms with Gasteiger partial charge in [0, 0.05) is 61.7 Å². The fraction of sp³-hybridized carbons (Fsp3) is 0.409. The minimum absolute atomic E-state index is 0.584. The van der Waals surface area contributed by atoms with E-state index in [1.54, 1.807) is 0 Å². The van der Waals surface area contributed by atoms with Crippen molar-refractivity contribution in [3.05, 3.63) is 53.5 Å². The van der Waals surface area contributed by atoms with Gasteiger partial charge in [-0.1, -0.05) is 22.8 Å². The monoisotopic (exact) mass is 426 g/mol. The average Bonchev–Trinajstić information content (AvgIpc) is 3.24.